The normalized spacial score (nSPS) is 18.8. The zero-order valence-electron chi connectivity index (χ0n) is 13.3. The molecule has 0 aliphatic carbocycles. The molecule has 0 atom stereocenters. The molecule has 0 aromatic rings. The van der Waals surface area contributed by atoms with Gasteiger partial charge in [0.15, 0.2) is 5.84 Å². The van der Waals surface area contributed by atoms with E-state index in [2.05, 4.69) is 12.1 Å². The third kappa shape index (κ3) is 5.09. The van der Waals surface area contributed by atoms with Gasteiger partial charge in [0.2, 0.25) is 5.91 Å². The predicted octanol–water partition coefficient (Wildman–Crippen LogP) is 2.82. The van der Waals surface area contributed by atoms with E-state index >= 15 is 0 Å². The molecule has 0 radical (unpaired) electrons. The number of thioether (sulfide) groups is 1. The van der Waals surface area contributed by atoms with Crippen LogP contribution in [-0.4, -0.2) is 45.9 Å². The molecule has 1 fully saturated rings. The van der Waals surface area contributed by atoms with Crippen LogP contribution in [0.1, 0.15) is 58.3 Å². The van der Waals surface area contributed by atoms with Crippen molar-refractivity contribution in [2.75, 3.05) is 19.3 Å². The minimum Gasteiger partial charge on any atom is -0.409 e. The summed E-state index contributed by atoms with van der Waals surface area (Å²) in [4.78, 5) is 14.1. The van der Waals surface area contributed by atoms with E-state index in [4.69, 9.17) is 10.9 Å². The summed E-state index contributed by atoms with van der Waals surface area (Å²) in [5, 5.41) is 12.1. The number of nitrogens with two attached hydrogens (primary N) is 1. The van der Waals surface area contributed by atoms with Crippen molar-refractivity contribution in [3.63, 3.8) is 0 Å². The van der Waals surface area contributed by atoms with Crippen LogP contribution in [0, 0.1) is 0 Å². The number of oxime groups is 1. The summed E-state index contributed by atoms with van der Waals surface area (Å²) in [7, 11) is 0. The molecule has 0 aromatic heterocycles. The fraction of sp³-hybridized carbons (Fsp3) is 0.867. The van der Waals surface area contributed by atoms with Crippen LogP contribution in [0.2, 0.25) is 0 Å². The largest absolute Gasteiger partial charge is 0.409 e. The third-order valence-corrected chi connectivity index (χ3v) is 5.78. The van der Waals surface area contributed by atoms with Gasteiger partial charge in [-0.2, -0.15) is 11.8 Å². The minimum absolute atomic E-state index is 0.251. The Morgan fingerprint density at radius 1 is 1.29 bits per heavy atom. The molecule has 0 aromatic carbocycles. The Morgan fingerprint density at radius 3 is 2.43 bits per heavy atom. The monoisotopic (exact) mass is 315 g/mol. The fourth-order valence-corrected chi connectivity index (χ4v) is 3.65. The van der Waals surface area contributed by atoms with Gasteiger partial charge in [-0.1, -0.05) is 37.8 Å². The molecule has 1 aliphatic heterocycles. The number of unbranched alkanes of at least 4 members (excludes halogenated alkanes) is 4. The molecule has 5 nitrogen and oxygen atoms in total. The highest BCUT2D eigenvalue weighted by atomic mass is 32.2. The topological polar surface area (TPSA) is 78.9 Å². The van der Waals surface area contributed by atoms with Crippen LogP contribution in [0.15, 0.2) is 5.16 Å². The Morgan fingerprint density at radius 2 is 1.90 bits per heavy atom. The summed E-state index contributed by atoms with van der Waals surface area (Å²) in [6.45, 7) is 3.59. The molecule has 0 saturated carbocycles. The molecule has 1 heterocycles. The number of hydrogen-bond donors (Lipinski definition) is 2. The Hall–Kier alpha value is -0.910. The maximum Gasteiger partial charge on any atom is 0.222 e. The van der Waals surface area contributed by atoms with Gasteiger partial charge in [-0.25, -0.2) is 0 Å². The van der Waals surface area contributed by atoms with Gasteiger partial charge in [-0.05, 0) is 25.5 Å². The van der Waals surface area contributed by atoms with Crippen LogP contribution < -0.4 is 5.73 Å². The van der Waals surface area contributed by atoms with Crippen LogP contribution >= 0.6 is 11.8 Å². The summed E-state index contributed by atoms with van der Waals surface area (Å²) >= 11 is 1.61. The van der Waals surface area contributed by atoms with E-state index in [1.54, 1.807) is 11.8 Å². The van der Waals surface area contributed by atoms with Gasteiger partial charge in [0, 0.05) is 19.5 Å². The molecule has 21 heavy (non-hydrogen) atoms. The van der Waals surface area contributed by atoms with E-state index in [-0.39, 0.29) is 16.5 Å². The highest BCUT2D eigenvalue weighted by Gasteiger charge is 2.39. The standard InChI is InChI=1S/C15H29N3O2S/c1-3-4-5-6-7-8-13(19)18-11-9-15(21-2,10-12-18)14(16)17-20/h20H,3-12H2,1-2H3,(H2,16,17). The van der Waals surface area contributed by atoms with E-state index in [0.29, 0.717) is 19.5 Å². The Kier molecular flexibility index (Phi) is 7.93. The van der Waals surface area contributed by atoms with E-state index in [0.717, 1.165) is 25.7 Å². The van der Waals surface area contributed by atoms with Gasteiger partial charge >= 0.3 is 0 Å². The SMILES string of the molecule is CCCCCCCC(=O)N1CCC(SC)(C(N)=NO)CC1. The average molecular weight is 315 g/mol. The second kappa shape index (κ2) is 9.18. The highest BCUT2D eigenvalue weighted by Crippen LogP contribution is 2.35. The van der Waals surface area contributed by atoms with Gasteiger partial charge in [0.05, 0.1) is 4.75 Å². The molecule has 0 unspecified atom stereocenters. The molecule has 122 valence electrons. The lowest BCUT2D eigenvalue weighted by Crippen LogP contribution is -2.51. The van der Waals surface area contributed by atoms with Crippen LogP contribution in [-0.2, 0) is 4.79 Å². The number of amidine groups is 1. The zero-order valence-corrected chi connectivity index (χ0v) is 14.1. The van der Waals surface area contributed by atoms with Gasteiger partial charge in [0.1, 0.15) is 0 Å². The summed E-state index contributed by atoms with van der Waals surface area (Å²) in [5.74, 6) is 0.530. The lowest BCUT2D eigenvalue weighted by atomic mass is 9.94. The highest BCUT2D eigenvalue weighted by molar-refractivity contribution is 8.00. The fourth-order valence-electron chi connectivity index (χ4n) is 2.81. The molecular weight excluding hydrogens is 286 g/mol. The van der Waals surface area contributed by atoms with Gasteiger partial charge in [-0.15, -0.1) is 0 Å². The van der Waals surface area contributed by atoms with Gasteiger partial charge in [0.25, 0.3) is 0 Å². The van der Waals surface area contributed by atoms with Crippen molar-refractivity contribution >= 4 is 23.5 Å². The lowest BCUT2D eigenvalue weighted by molar-refractivity contribution is -0.132. The summed E-state index contributed by atoms with van der Waals surface area (Å²) < 4.78 is -0.313. The molecule has 1 rings (SSSR count). The Bertz CT molecular complexity index is 353. The van der Waals surface area contributed by atoms with E-state index < -0.39 is 0 Å². The summed E-state index contributed by atoms with van der Waals surface area (Å²) in [6.07, 6.45) is 9.98. The first kappa shape index (κ1) is 18.1. The van der Waals surface area contributed by atoms with Crippen LogP contribution in [0.25, 0.3) is 0 Å². The third-order valence-electron chi connectivity index (χ3n) is 4.38. The molecule has 1 saturated heterocycles. The van der Waals surface area contributed by atoms with Gasteiger partial charge < -0.3 is 15.8 Å². The van der Waals surface area contributed by atoms with Crippen LogP contribution in [0.3, 0.4) is 0 Å². The van der Waals surface area contributed by atoms with Crippen molar-refractivity contribution in [1.82, 2.24) is 4.90 Å². The smallest absolute Gasteiger partial charge is 0.222 e. The number of hydrogen-bond acceptors (Lipinski definition) is 4. The van der Waals surface area contributed by atoms with E-state index in [1.807, 2.05) is 11.2 Å². The number of amides is 1. The molecule has 1 aliphatic rings. The second-order valence-corrected chi connectivity index (χ2v) is 6.92. The first-order chi connectivity index (χ1) is 10.1. The van der Waals surface area contributed by atoms with Crippen molar-refractivity contribution in [2.45, 2.75) is 63.0 Å². The number of carbonyl (C=O) groups excluding carboxylic acids is 1. The maximum absolute atomic E-state index is 12.2. The first-order valence-corrected chi connectivity index (χ1v) is 9.13. The molecular formula is C15H29N3O2S. The molecule has 1 amide bonds. The number of carbonyl (C=O) groups is 1. The van der Waals surface area contributed by atoms with Crippen molar-refractivity contribution in [2.24, 2.45) is 10.9 Å². The summed E-state index contributed by atoms with van der Waals surface area (Å²) in [6, 6.07) is 0. The number of nitrogens with zero attached hydrogens (tertiary/aromatic N) is 2. The molecule has 6 heteroatoms. The summed E-state index contributed by atoms with van der Waals surface area (Å²) in [5.41, 5.74) is 5.82. The first-order valence-electron chi connectivity index (χ1n) is 7.90. The molecule has 0 spiro atoms. The lowest BCUT2D eigenvalue weighted by Gasteiger charge is -2.39. The van der Waals surface area contributed by atoms with Crippen molar-refractivity contribution < 1.29 is 10.0 Å². The number of piperidine rings is 1. The van der Waals surface area contributed by atoms with E-state index in [9.17, 15) is 4.79 Å². The zero-order chi connectivity index (χ0) is 15.7. The quantitative estimate of drug-likeness (QED) is 0.237. The second-order valence-electron chi connectivity index (χ2n) is 5.73. The van der Waals surface area contributed by atoms with Crippen molar-refractivity contribution in [1.29, 1.82) is 0 Å². The molecule has 0 bridgehead atoms. The number of likely N-dealkylation sites (tertiary alicyclic amines) is 1. The molecule has 3 N–H and O–H groups in total. The maximum atomic E-state index is 12.2. The number of rotatable bonds is 8. The Labute approximate surface area is 132 Å². The van der Waals surface area contributed by atoms with Crippen molar-refractivity contribution in [3.8, 4) is 0 Å². The van der Waals surface area contributed by atoms with Crippen molar-refractivity contribution in [3.05, 3.63) is 0 Å². The predicted molar refractivity (Wildman–Crippen MR) is 88.8 cm³/mol. The Balaban J connectivity index is 2.36. The van der Waals surface area contributed by atoms with E-state index in [1.165, 1.54) is 19.3 Å². The van der Waals surface area contributed by atoms with Crippen LogP contribution in [0.5, 0.6) is 0 Å². The van der Waals surface area contributed by atoms with Crippen LogP contribution in [0.4, 0.5) is 0 Å². The average Bonchev–Trinajstić information content (AvgIpc) is 2.53. The minimum atomic E-state index is -0.313. The van der Waals surface area contributed by atoms with Gasteiger partial charge in [-0.3, -0.25) is 4.79 Å².